The van der Waals surface area contributed by atoms with E-state index in [-0.39, 0.29) is 6.09 Å². The second-order valence-corrected chi connectivity index (χ2v) is 8.92. The minimum Gasteiger partial charge on any atom is -0.443 e. The Kier molecular flexibility index (Phi) is 5.31. The van der Waals surface area contributed by atoms with Gasteiger partial charge >= 0.3 is 6.09 Å². The summed E-state index contributed by atoms with van der Waals surface area (Å²) in [6.45, 7) is 10.9. The molecule has 0 aromatic heterocycles. The molecule has 3 rings (SSSR count). The van der Waals surface area contributed by atoms with E-state index < -0.39 is 5.60 Å². The molecule has 2 heterocycles. The summed E-state index contributed by atoms with van der Waals surface area (Å²) >= 11 is 0. The zero-order chi connectivity index (χ0) is 18.9. The molecular formula is C22H32N2O2. The highest BCUT2D eigenvalue weighted by Crippen LogP contribution is 2.35. The third-order valence-electron chi connectivity index (χ3n) is 5.10. The largest absolute Gasteiger partial charge is 0.443 e. The van der Waals surface area contributed by atoms with Crippen molar-refractivity contribution in [1.29, 1.82) is 0 Å². The first-order valence-corrected chi connectivity index (χ1v) is 9.74. The Balaban J connectivity index is 1.78. The van der Waals surface area contributed by atoms with Crippen LogP contribution in [0.1, 0.15) is 53.0 Å². The summed E-state index contributed by atoms with van der Waals surface area (Å²) < 4.78 is 5.67. The van der Waals surface area contributed by atoms with Gasteiger partial charge in [0.2, 0.25) is 0 Å². The van der Waals surface area contributed by atoms with Crippen LogP contribution in [0.2, 0.25) is 0 Å². The van der Waals surface area contributed by atoms with Gasteiger partial charge in [0, 0.05) is 18.3 Å². The van der Waals surface area contributed by atoms with E-state index in [1.165, 1.54) is 11.3 Å². The number of para-hydroxylation sites is 1. The van der Waals surface area contributed by atoms with Gasteiger partial charge in [0.25, 0.3) is 0 Å². The van der Waals surface area contributed by atoms with E-state index in [2.05, 4.69) is 37.4 Å². The van der Waals surface area contributed by atoms with Crippen molar-refractivity contribution in [2.75, 3.05) is 11.4 Å². The van der Waals surface area contributed by atoms with Crippen molar-refractivity contribution < 1.29 is 9.53 Å². The van der Waals surface area contributed by atoms with E-state index in [0.717, 1.165) is 31.5 Å². The first-order valence-electron chi connectivity index (χ1n) is 9.74. The van der Waals surface area contributed by atoms with Gasteiger partial charge in [0.15, 0.2) is 0 Å². The predicted octanol–water partition coefficient (Wildman–Crippen LogP) is 4.89. The lowest BCUT2D eigenvalue weighted by atomic mass is 9.82. The highest BCUT2D eigenvalue weighted by molar-refractivity contribution is 5.89. The van der Waals surface area contributed by atoms with Crippen LogP contribution in [-0.4, -0.2) is 24.3 Å². The third kappa shape index (κ3) is 4.60. The summed E-state index contributed by atoms with van der Waals surface area (Å²) in [5.41, 5.74) is 3.04. The molecule has 4 heteroatoms. The molecular weight excluding hydrogens is 324 g/mol. The quantitative estimate of drug-likeness (QED) is 0.820. The van der Waals surface area contributed by atoms with Crippen LogP contribution < -0.4 is 10.2 Å². The molecule has 142 valence electrons. The highest BCUT2D eigenvalue weighted by Gasteiger charge is 2.32. The molecule has 4 nitrogen and oxygen atoms in total. The molecule has 0 spiro atoms. The number of hydrogen-bond acceptors (Lipinski definition) is 3. The van der Waals surface area contributed by atoms with Gasteiger partial charge in [-0.25, -0.2) is 4.79 Å². The Labute approximate surface area is 157 Å². The molecule has 2 aliphatic heterocycles. The molecule has 0 aliphatic carbocycles. The lowest BCUT2D eigenvalue weighted by Gasteiger charge is -2.37. The number of amides is 1. The summed E-state index contributed by atoms with van der Waals surface area (Å²) in [6, 6.07) is 8.75. The minimum atomic E-state index is -0.483. The van der Waals surface area contributed by atoms with E-state index in [4.69, 9.17) is 4.74 Å². The van der Waals surface area contributed by atoms with Crippen LogP contribution >= 0.6 is 0 Å². The van der Waals surface area contributed by atoms with Crippen LogP contribution in [0.3, 0.4) is 0 Å². The number of fused-ring (bicyclic) bond motifs is 1. The van der Waals surface area contributed by atoms with Crippen LogP contribution in [0.4, 0.5) is 10.5 Å². The van der Waals surface area contributed by atoms with Crippen LogP contribution in [0.5, 0.6) is 0 Å². The summed E-state index contributed by atoms with van der Waals surface area (Å²) in [4.78, 5) is 14.6. The molecule has 1 aromatic carbocycles. The second-order valence-electron chi connectivity index (χ2n) is 8.92. The smallest absolute Gasteiger partial charge is 0.414 e. The van der Waals surface area contributed by atoms with Crippen molar-refractivity contribution in [2.45, 2.75) is 65.5 Å². The monoisotopic (exact) mass is 356 g/mol. The number of anilines is 1. The van der Waals surface area contributed by atoms with Gasteiger partial charge in [0.05, 0.1) is 5.69 Å². The van der Waals surface area contributed by atoms with E-state index in [1.54, 1.807) is 0 Å². The number of benzene rings is 1. The van der Waals surface area contributed by atoms with Crippen LogP contribution in [0.15, 0.2) is 36.0 Å². The van der Waals surface area contributed by atoms with Crippen molar-refractivity contribution in [3.63, 3.8) is 0 Å². The van der Waals surface area contributed by atoms with Crippen molar-refractivity contribution in [3.05, 3.63) is 41.6 Å². The molecule has 0 fully saturated rings. The number of carbonyl (C=O) groups excluding carboxylic acids is 1. The molecule has 3 unspecified atom stereocenters. The number of carbonyl (C=O) groups is 1. The topological polar surface area (TPSA) is 41.6 Å². The van der Waals surface area contributed by atoms with Crippen molar-refractivity contribution in [2.24, 2.45) is 11.8 Å². The molecule has 2 aliphatic rings. The highest BCUT2D eigenvalue weighted by atomic mass is 16.6. The summed E-state index contributed by atoms with van der Waals surface area (Å²) in [5.74, 6) is 1.03. The Hall–Kier alpha value is -1.97. The molecule has 1 amide bonds. The fourth-order valence-electron chi connectivity index (χ4n) is 4.29. The van der Waals surface area contributed by atoms with Crippen molar-refractivity contribution in [1.82, 2.24) is 5.32 Å². The predicted molar refractivity (Wildman–Crippen MR) is 106 cm³/mol. The fourth-order valence-corrected chi connectivity index (χ4v) is 4.29. The molecule has 1 aromatic rings. The number of nitrogens with zero attached hydrogens (tertiary/aromatic N) is 1. The summed E-state index contributed by atoms with van der Waals surface area (Å²) in [6.07, 6.45) is 5.41. The van der Waals surface area contributed by atoms with Crippen LogP contribution in [0, 0.1) is 11.8 Å². The molecule has 0 radical (unpaired) electrons. The Morgan fingerprint density at radius 3 is 2.73 bits per heavy atom. The molecule has 0 saturated carbocycles. The molecule has 0 bridgehead atoms. The number of rotatable bonds is 2. The third-order valence-corrected chi connectivity index (χ3v) is 5.10. The van der Waals surface area contributed by atoms with Gasteiger partial charge < -0.3 is 10.1 Å². The summed E-state index contributed by atoms with van der Waals surface area (Å²) in [7, 11) is 0. The van der Waals surface area contributed by atoms with Crippen molar-refractivity contribution in [3.8, 4) is 0 Å². The zero-order valence-corrected chi connectivity index (χ0v) is 16.7. The number of hydrogen-bond donors (Lipinski definition) is 1. The number of ether oxygens (including phenoxy) is 1. The van der Waals surface area contributed by atoms with E-state index in [1.807, 2.05) is 37.8 Å². The lowest BCUT2D eigenvalue weighted by Crippen LogP contribution is -2.43. The molecule has 1 N–H and O–H groups in total. The second kappa shape index (κ2) is 7.34. The maximum absolute atomic E-state index is 12.8. The Bertz CT molecular complexity index is 690. The first kappa shape index (κ1) is 18.8. The summed E-state index contributed by atoms with van der Waals surface area (Å²) in [5, 5.41) is 3.49. The maximum atomic E-state index is 12.8. The average molecular weight is 357 g/mol. The Morgan fingerprint density at radius 2 is 2.04 bits per heavy atom. The first-order chi connectivity index (χ1) is 12.2. The number of nitrogens with one attached hydrogen (secondary N) is 1. The fraction of sp³-hybridized carbons (Fsp3) is 0.591. The van der Waals surface area contributed by atoms with Crippen molar-refractivity contribution >= 4 is 11.8 Å². The normalized spacial score (nSPS) is 25.8. The Morgan fingerprint density at radius 1 is 1.31 bits per heavy atom. The number of allylic oxidation sites excluding steroid dienone is 2. The van der Waals surface area contributed by atoms with E-state index in [9.17, 15) is 4.79 Å². The molecule has 0 saturated heterocycles. The van der Waals surface area contributed by atoms with E-state index >= 15 is 0 Å². The average Bonchev–Trinajstić information content (AvgIpc) is 2.51. The van der Waals surface area contributed by atoms with Gasteiger partial charge in [-0.15, -0.1) is 0 Å². The molecule has 26 heavy (non-hydrogen) atoms. The lowest BCUT2D eigenvalue weighted by molar-refractivity contribution is 0.0569. The molecule has 3 atom stereocenters. The van der Waals surface area contributed by atoms with E-state index in [0.29, 0.717) is 17.9 Å². The standard InChI is InChI=1S/C22H32N2O2/c1-15-10-17(11-16(2)23-15)12-18-13-19-8-6-7-9-20(19)24(14-18)21(25)26-22(3,4)5/h6-10,16-18,23H,11-14H2,1-5H3. The van der Waals surface area contributed by atoms with Gasteiger partial charge in [-0.2, -0.15) is 0 Å². The SMILES string of the molecule is CC1=CC(CC2Cc3ccccc3N(C(=O)OC(C)(C)C)C2)CC(C)N1. The van der Waals surface area contributed by atoms with Gasteiger partial charge in [-0.05, 0) is 77.3 Å². The van der Waals surface area contributed by atoms with Gasteiger partial charge in [-0.3, -0.25) is 4.90 Å². The van der Waals surface area contributed by atoms with Crippen LogP contribution in [0.25, 0.3) is 0 Å². The minimum absolute atomic E-state index is 0.236. The van der Waals surface area contributed by atoms with Gasteiger partial charge in [-0.1, -0.05) is 24.3 Å². The zero-order valence-electron chi connectivity index (χ0n) is 16.7. The van der Waals surface area contributed by atoms with Crippen LogP contribution in [-0.2, 0) is 11.2 Å². The van der Waals surface area contributed by atoms with Gasteiger partial charge in [0.1, 0.15) is 5.60 Å². The maximum Gasteiger partial charge on any atom is 0.414 e.